The van der Waals surface area contributed by atoms with Crippen LogP contribution in [0.1, 0.15) is 27.6 Å². The van der Waals surface area contributed by atoms with Crippen molar-refractivity contribution in [2.75, 3.05) is 6.54 Å². The van der Waals surface area contributed by atoms with Crippen LogP contribution in [0, 0.1) is 0 Å². The first-order valence-corrected chi connectivity index (χ1v) is 7.61. The molecule has 5 heteroatoms. The van der Waals surface area contributed by atoms with Gasteiger partial charge in [0.1, 0.15) is 5.76 Å². The number of rotatable bonds is 7. The first-order valence-electron chi connectivity index (χ1n) is 7.61. The van der Waals surface area contributed by atoms with E-state index in [4.69, 9.17) is 8.94 Å². The highest BCUT2D eigenvalue weighted by atomic mass is 16.5. The number of nitrogens with one attached hydrogen (secondary N) is 1. The highest BCUT2D eigenvalue weighted by Crippen LogP contribution is 2.09. The molecule has 23 heavy (non-hydrogen) atoms. The van der Waals surface area contributed by atoms with Crippen LogP contribution in [0.2, 0.25) is 0 Å². The smallest absolute Gasteiger partial charge is 0.289 e. The summed E-state index contributed by atoms with van der Waals surface area (Å²) < 4.78 is 10.3. The summed E-state index contributed by atoms with van der Waals surface area (Å²) in [4.78, 5) is 12.0. The van der Waals surface area contributed by atoms with Gasteiger partial charge in [-0.1, -0.05) is 35.5 Å². The Morgan fingerprint density at radius 3 is 2.70 bits per heavy atom. The molecule has 0 aliphatic carbocycles. The molecule has 0 spiro atoms. The van der Waals surface area contributed by atoms with E-state index in [9.17, 15) is 4.79 Å². The molecule has 2 heterocycles. The Balaban J connectivity index is 1.47. The van der Waals surface area contributed by atoms with Crippen molar-refractivity contribution >= 4 is 5.91 Å². The van der Waals surface area contributed by atoms with Gasteiger partial charge in [0, 0.05) is 19.0 Å². The van der Waals surface area contributed by atoms with E-state index in [2.05, 4.69) is 22.6 Å². The molecule has 0 fully saturated rings. The molecule has 0 aliphatic rings. The number of carbonyl (C=O) groups excluding carboxylic acids is 1. The van der Waals surface area contributed by atoms with Crippen molar-refractivity contribution in [3.05, 3.63) is 77.6 Å². The van der Waals surface area contributed by atoms with Crippen molar-refractivity contribution in [2.45, 2.75) is 19.3 Å². The molecule has 0 unspecified atom stereocenters. The largest absolute Gasteiger partial charge is 0.469 e. The van der Waals surface area contributed by atoms with Crippen molar-refractivity contribution in [1.82, 2.24) is 10.5 Å². The normalized spacial score (nSPS) is 10.6. The van der Waals surface area contributed by atoms with E-state index in [0.29, 0.717) is 13.0 Å². The summed E-state index contributed by atoms with van der Waals surface area (Å²) in [7, 11) is 0. The van der Waals surface area contributed by atoms with Crippen LogP contribution in [-0.4, -0.2) is 17.6 Å². The zero-order valence-corrected chi connectivity index (χ0v) is 12.7. The highest BCUT2D eigenvalue weighted by molar-refractivity contribution is 5.91. The van der Waals surface area contributed by atoms with Crippen LogP contribution < -0.4 is 5.32 Å². The Hall–Kier alpha value is -2.82. The molecule has 2 aromatic heterocycles. The van der Waals surface area contributed by atoms with E-state index in [1.165, 1.54) is 5.56 Å². The van der Waals surface area contributed by atoms with Crippen LogP contribution >= 0.6 is 0 Å². The second kappa shape index (κ2) is 7.45. The monoisotopic (exact) mass is 310 g/mol. The standard InChI is InChI=1S/C18H18N2O3/c21-18(19-11-10-16-7-4-12-22-16)17-13-15(20-23-17)9-8-14-5-2-1-3-6-14/h1-7,12-13H,8-11H2,(H,19,21). The van der Waals surface area contributed by atoms with Crippen LogP contribution in [0.3, 0.4) is 0 Å². The first kappa shape index (κ1) is 15.1. The number of furan rings is 1. The Morgan fingerprint density at radius 2 is 1.91 bits per heavy atom. The van der Waals surface area contributed by atoms with Gasteiger partial charge >= 0.3 is 0 Å². The number of aryl methyl sites for hydroxylation is 2. The molecule has 5 nitrogen and oxygen atoms in total. The fourth-order valence-corrected chi connectivity index (χ4v) is 2.29. The van der Waals surface area contributed by atoms with Gasteiger partial charge < -0.3 is 14.3 Å². The maximum absolute atomic E-state index is 12.0. The topological polar surface area (TPSA) is 68.3 Å². The van der Waals surface area contributed by atoms with Gasteiger partial charge in [-0.3, -0.25) is 4.79 Å². The molecule has 1 aromatic carbocycles. The summed E-state index contributed by atoms with van der Waals surface area (Å²) >= 11 is 0. The summed E-state index contributed by atoms with van der Waals surface area (Å²) in [5.41, 5.74) is 2.02. The van der Waals surface area contributed by atoms with E-state index in [-0.39, 0.29) is 11.7 Å². The van der Waals surface area contributed by atoms with Crippen LogP contribution in [0.4, 0.5) is 0 Å². The fraction of sp³-hybridized carbons (Fsp3) is 0.222. The lowest BCUT2D eigenvalue weighted by Crippen LogP contribution is -2.25. The zero-order valence-electron chi connectivity index (χ0n) is 12.7. The van der Waals surface area contributed by atoms with E-state index in [1.54, 1.807) is 12.3 Å². The fourth-order valence-electron chi connectivity index (χ4n) is 2.29. The lowest BCUT2D eigenvalue weighted by atomic mass is 10.1. The minimum atomic E-state index is -0.255. The van der Waals surface area contributed by atoms with Crippen molar-refractivity contribution in [3.63, 3.8) is 0 Å². The average Bonchev–Trinajstić information content (AvgIpc) is 3.25. The van der Waals surface area contributed by atoms with Gasteiger partial charge in [-0.05, 0) is 30.5 Å². The van der Waals surface area contributed by atoms with Gasteiger partial charge in [0.15, 0.2) is 0 Å². The number of carbonyl (C=O) groups is 1. The molecule has 0 atom stereocenters. The molecular formula is C18H18N2O3. The van der Waals surface area contributed by atoms with E-state index < -0.39 is 0 Å². The number of amides is 1. The average molecular weight is 310 g/mol. The van der Waals surface area contributed by atoms with Crippen LogP contribution in [0.25, 0.3) is 0 Å². The Bertz CT molecular complexity index is 733. The Labute approximate surface area is 134 Å². The van der Waals surface area contributed by atoms with Gasteiger partial charge in [0.05, 0.1) is 12.0 Å². The molecule has 0 saturated carbocycles. The number of nitrogens with zero attached hydrogens (tertiary/aromatic N) is 1. The maximum Gasteiger partial charge on any atom is 0.289 e. The summed E-state index contributed by atoms with van der Waals surface area (Å²) in [6.07, 6.45) is 3.88. The van der Waals surface area contributed by atoms with Crippen molar-refractivity contribution in [1.29, 1.82) is 0 Å². The van der Waals surface area contributed by atoms with Crippen molar-refractivity contribution in [3.8, 4) is 0 Å². The van der Waals surface area contributed by atoms with E-state index in [1.807, 2.05) is 30.3 Å². The molecule has 3 aromatic rings. The lowest BCUT2D eigenvalue weighted by molar-refractivity contribution is 0.0916. The SMILES string of the molecule is O=C(NCCc1ccco1)c1cc(CCc2ccccc2)no1. The summed E-state index contributed by atoms with van der Waals surface area (Å²) in [5, 5.41) is 6.75. The van der Waals surface area contributed by atoms with E-state index >= 15 is 0 Å². The quantitative estimate of drug-likeness (QED) is 0.728. The molecule has 118 valence electrons. The number of benzene rings is 1. The number of aromatic nitrogens is 1. The van der Waals surface area contributed by atoms with Crippen LogP contribution in [0.15, 0.2) is 63.7 Å². The highest BCUT2D eigenvalue weighted by Gasteiger charge is 2.12. The van der Waals surface area contributed by atoms with Gasteiger partial charge in [0.25, 0.3) is 5.91 Å². The first-order chi connectivity index (χ1) is 11.3. The van der Waals surface area contributed by atoms with Gasteiger partial charge in [-0.2, -0.15) is 0 Å². The number of hydrogen-bond acceptors (Lipinski definition) is 4. The molecule has 0 aliphatic heterocycles. The second-order valence-corrected chi connectivity index (χ2v) is 5.25. The number of hydrogen-bond donors (Lipinski definition) is 1. The summed E-state index contributed by atoms with van der Waals surface area (Å²) in [6.45, 7) is 0.492. The Kier molecular flexibility index (Phi) is 4.88. The van der Waals surface area contributed by atoms with E-state index in [0.717, 1.165) is 24.3 Å². The summed E-state index contributed by atoms with van der Waals surface area (Å²) in [5.74, 6) is 0.828. The molecule has 1 N–H and O–H groups in total. The van der Waals surface area contributed by atoms with Crippen molar-refractivity contribution < 1.29 is 13.7 Å². The van der Waals surface area contributed by atoms with Crippen LogP contribution in [0.5, 0.6) is 0 Å². The second-order valence-electron chi connectivity index (χ2n) is 5.25. The molecule has 0 bridgehead atoms. The predicted molar refractivity (Wildman–Crippen MR) is 85.1 cm³/mol. The molecule has 0 radical (unpaired) electrons. The lowest BCUT2D eigenvalue weighted by Gasteiger charge is -2.00. The minimum Gasteiger partial charge on any atom is -0.469 e. The Morgan fingerprint density at radius 1 is 1.04 bits per heavy atom. The zero-order chi connectivity index (χ0) is 15.9. The minimum absolute atomic E-state index is 0.243. The van der Waals surface area contributed by atoms with Gasteiger partial charge in [0.2, 0.25) is 5.76 Å². The molecule has 1 amide bonds. The molecular weight excluding hydrogens is 292 g/mol. The third-order valence-electron chi connectivity index (χ3n) is 3.53. The summed E-state index contributed by atoms with van der Waals surface area (Å²) in [6, 6.07) is 15.6. The van der Waals surface area contributed by atoms with Crippen molar-refractivity contribution in [2.24, 2.45) is 0 Å². The molecule has 3 rings (SSSR count). The predicted octanol–water partition coefficient (Wildman–Crippen LogP) is 3.03. The maximum atomic E-state index is 12.0. The van der Waals surface area contributed by atoms with Gasteiger partial charge in [-0.15, -0.1) is 0 Å². The molecule has 0 saturated heterocycles. The van der Waals surface area contributed by atoms with Gasteiger partial charge in [-0.25, -0.2) is 0 Å². The van der Waals surface area contributed by atoms with Crippen LogP contribution in [-0.2, 0) is 19.3 Å². The third kappa shape index (κ3) is 4.32. The third-order valence-corrected chi connectivity index (χ3v) is 3.53.